The molecule has 0 unspecified atom stereocenters. The number of amides is 1. The fraction of sp³-hybridized carbons (Fsp3) is 0.235. The van der Waals surface area contributed by atoms with E-state index in [1.807, 2.05) is 51.1 Å². The van der Waals surface area contributed by atoms with E-state index in [0.717, 1.165) is 28.5 Å². The second kappa shape index (κ2) is 7.43. The zero-order valence-corrected chi connectivity index (χ0v) is 15.0. The summed E-state index contributed by atoms with van der Waals surface area (Å²) in [5, 5.41) is 10.4. The Bertz CT molecular complexity index is 870. The number of H-pyrrole nitrogens is 1. The molecule has 3 aromatic rings. The van der Waals surface area contributed by atoms with Crippen molar-refractivity contribution in [3.63, 3.8) is 0 Å². The Hall–Kier alpha value is -2.74. The lowest BCUT2D eigenvalue weighted by atomic mass is 10.2. The number of aromatic amines is 1. The van der Waals surface area contributed by atoms with Crippen molar-refractivity contribution in [2.75, 3.05) is 11.1 Å². The zero-order chi connectivity index (χ0) is 17.8. The highest BCUT2D eigenvalue weighted by molar-refractivity contribution is 7.99. The lowest BCUT2D eigenvalue weighted by Crippen LogP contribution is -2.14. The number of carbonyl (C=O) groups excluding carboxylic acids is 1. The van der Waals surface area contributed by atoms with Gasteiger partial charge in [-0.2, -0.15) is 5.10 Å². The van der Waals surface area contributed by atoms with E-state index >= 15 is 0 Å². The predicted octanol–water partition coefficient (Wildman–Crippen LogP) is 2.92. The molecule has 1 aromatic carbocycles. The van der Waals surface area contributed by atoms with Gasteiger partial charge in [0, 0.05) is 22.6 Å². The highest BCUT2D eigenvalue weighted by atomic mass is 32.2. The van der Waals surface area contributed by atoms with E-state index in [4.69, 9.17) is 0 Å². The van der Waals surface area contributed by atoms with Gasteiger partial charge in [0.15, 0.2) is 11.0 Å². The van der Waals surface area contributed by atoms with Crippen LogP contribution in [0.15, 0.2) is 35.5 Å². The molecule has 0 saturated heterocycles. The number of carbonyl (C=O) groups is 1. The second-order valence-electron chi connectivity index (χ2n) is 5.59. The number of rotatable bonds is 5. The Morgan fingerprint density at radius 1 is 1.08 bits per heavy atom. The van der Waals surface area contributed by atoms with Gasteiger partial charge in [-0.1, -0.05) is 11.8 Å². The molecule has 2 N–H and O–H groups in total. The molecule has 7 nitrogen and oxygen atoms in total. The van der Waals surface area contributed by atoms with Crippen LogP contribution in [0.5, 0.6) is 0 Å². The Morgan fingerprint density at radius 2 is 1.76 bits per heavy atom. The van der Waals surface area contributed by atoms with Crippen LogP contribution in [-0.2, 0) is 4.79 Å². The van der Waals surface area contributed by atoms with Crippen molar-refractivity contribution < 1.29 is 4.79 Å². The average molecular weight is 354 g/mol. The third-order valence-electron chi connectivity index (χ3n) is 3.32. The molecule has 0 fully saturated rings. The van der Waals surface area contributed by atoms with Crippen LogP contribution < -0.4 is 5.32 Å². The standard InChI is InChI=1S/C17H18N6OS/c1-10-8-11(2)19-17(18-10)25-9-15(24)21-14-6-4-13(5-7-14)16-20-12(3)22-23-16/h4-8H,9H2,1-3H3,(H,21,24)(H,20,22,23). The van der Waals surface area contributed by atoms with E-state index in [1.165, 1.54) is 11.8 Å². The SMILES string of the molecule is Cc1cc(C)nc(SCC(=O)Nc2ccc(-c3n[nH]c(C)n3)cc2)n1. The summed E-state index contributed by atoms with van der Waals surface area (Å²) in [5.41, 5.74) is 3.41. The van der Waals surface area contributed by atoms with Crippen LogP contribution in [0.2, 0.25) is 0 Å². The molecule has 128 valence electrons. The number of aryl methyl sites for hydroxylation is 3. The molecule has 0 radical (unpaired) electrons. The van der Waals surface area contributed by atoms with Crippen LogP contribution >= 0.6 is 11.8 Å². The smallest absolute Gasteiger partial charge is 0.234 e. The van der Waals surface area contributed by atoms with Crippen molar-refractivity contribution in [1.82, 2.24) is 25.1 Å². The number of benzene rings is 1. The number of thioether (sulfide) groups is 1. The molecular weight excluding hydrogens is 336 g/mol. The molecule has 0 saturated carbocycles. The van der Waals surface area contributed by atoms with E-state index in [2.05, 4.69) is 30.5 Å². The minimum absolute atomic E-state index is 0.103. The molecule has 1 amide bonds. The lowest BCUT2D eigenvalue weighted by Gasteiger charge is -2.06. The van der Waals surface area contributed by atoms with Gasteiger partial charge in [0.1, 0.15) is 5.82 Å². The molecule has 3 rings (SSSR count). The fourth-order valence-electron chi connectivity index (χ4n) is 2.26. The number of hydrogen-bond acceptors (Lipinski definition) is 6. The average Bonchev–Trinajstić information content (AvgIpc) is 2.99. The summed E-state index contributed by atoms with van der Waals surface area (Å²) in [6, 6.07) is 9.31. The van der Waals surface area contributed by atoms with Gasteiger partial charge in [-0.3, -0.25) is 9.89 Å². The van der Waals surface area contributed by atoms with Gasteiger partial charge in [0.05, 0.1) is 5.75 Å². The first-order chi connectivity index (χ1) is 12.0. The molecule has 0 aliphatic rings. The monoisotopic (exact) mass is 354 g/mol. The third-order valence-corrected chi connectivity index (χ3v) is 4.17. The molecule has 0 atom stereocenters. The molecule has 0 spiro atoms. The van der Waals surface area contributed by atoms with Gasteiger partial charge in [0.2, 0.25) is 5.91 Å². The Morgan fingerprint density at radius 3 is 2.36 bits per heavy atom. The van der Waals surface area contributed by atoms with Crippen LogP contribution in [0.1, 0.15) is 17.2 Å². The maximum absolute atomic E-state index is 12.1. The molecule has 8 heteroatoms. The van der Waals surface area contributed by atoms with E-state index in [0.29, 0.717) is 11.0 Å². The van der Waals surface area contributed by atoms with Gasteiger partial charge >= 0.3 is 0 Å². The fourth-order valence-corrected chi connectivity index (χ4v) is 3.01. The van der Waals surface area contributed by atoms with Crippen molar-refractivity contribution in [2.45, 2.75) is 25.9 Å². The third kappa shape index (κ3) is 4.63. The highest BCUT2D eigenvalue weighted by Gasteiger charge is 2.08. The summed E-state index contributed by atoms with van der Waals surface area (Å²) in [4.78, 5) is 25.0. The van der Waals surface area contributed by atoms with Crippen LogP contribution in [0.3, 0.4) is 0 Å². The Labute approximate surface area is 149 Å². The van der Waals surface area contributed by atoms with Crippen molar-refractivity contribution in [1.29, 1.82) is 0 Å². The van der Waals surface area contributed by atoms with E-state index < -0.39 is 0 Å². The van der Waals surface area contributed by atoms with Crippen LogP contribution in [0.25, 0.3) is 11.4 Å². The van der Waals surface area contributed by atoms with E-state index in [1.54, 1.807) is 0 Å². The number of nitrogens with zero attached hydrogens (tertiary/aromatic N) is 4. The largest absolute Gasteiger partial charge is 0.325 e. The van der Waals surface area contributed by atoms with Crippen molar-refractivity contribution >= 4 is 23.4 Å². The van der Waals surface area contributed by atoms with Crippen molar-refractivity contribution in [3.05, 3.63) is 47.5 Å². The van der Waals surface area contributed by atoms with Gasteiger partial charge in [-0.05, 0) is 51.1 Å². The molecule has 2 aromatic heterocycles. The zero-order valence-electron chi connectivity index (χ0n) is 14.2. The number of nitrogens with one attached hydrogen (secondary N) is 2. The second-order valence-corrected chi connectivity index (χ2v) is 6.53. The molecule has 2 heterocycles. The summed E-state index contributed by atoms with van der Waals surface area (Å²) in [5.74, 6) is 1.55. The number of hydrogen-bond donors (Lipinski definition) is 2. The number of aromatic nitrogens is 5. The topological polar surface area (TPSA) is 96.5 Å². The quantitative estimate of drug-likeness (QED) is 0.540. The molecular formula is C17H18N6OS. The number of anilines is 1. The Kier molecular flexibility index (Phi) is 5.08. The van der Waals surface area contributed by atoms with Crippen molar-refractivity contribution in [3.8, 4) is 11.4 Å². The van der Waals surface area contributed by atoms with E-state index in [9.17, 15) is 4.79 Å². The van der Waals surface area contributed by atoms with Crippen molar-refractivity contribution in [2.24, 2.45) is 0 Å². The minimum Gasteiger partial charge on any atom is -0.325 e. The van der Waals surface area contributed by atoms with Crippen LogP contribution in [0, 0.1) is 20.8 Å². The molecule has 0 aliphatic carbocycles. The maximum atomic E-state index is 12.1. The molecule has 25 heavy (non-hydrogen) atoms. The minimum atomic E-state index is -0.103. The predicted molar refractivity (Wildman–Crippen MR) is 97.4 cm³/mol. The Balaban J connectivity index is 1.57. The first-order valence-corrected chi connectivity index (χ1v) is 8.72. The normalized spacial score (nSPS) is 10.7. The highest BCUT2D eigenvalue weighted by Crippen LogP contribution is 2.19. The summed E-state index contributed by atoms with van der Waals surface area (Å²) in [6.07, 6.45) is 0. The summed E-state index contributed by atoms with van der Waals surface area (Å²) in [6.45, 7) is 5.67. The maximum Gasteiger partial charge on any atom is 0.234 e. The first kappa shape index (κ1) is 17.1. The summed E-state index contributed by atoms with van der Waals surface area (Å²) in [7, 11) is 0. The summed E-state index contributed by atoms with van der Waals surface area (Å²) < 4.78 is 0. The van der Waals surface area contributed by atoms with E-state index in [-0.39, 0.29) is 11.7 Å². The molecule has 0 bridgehead atoms. The lowest BCUT2D eigenvalue weighted by molar-refractivity contribution is -0.113. The first-order valence-electron chi connectivity index (χ1n) is 7.74. The summed E-state index contributed by atoms with van der Waals surface area (Å²) >= 11 is 1.32. The van der Waals surface area contributed by atoms with Gasteiger partial charge in [-0.25, -0.2) is 15.0 Å². The molecule has 0 aliphatic heterocycles. The van der Waals surface area contributed by atoms with Gasteiger partial charge in [0.25, 0.3) is 0 Å². The van der Waals surface area contributed by atoms with Gasteiger partial charge < -0.3 is 5.32 Å². The van der Waals surface area contributed by atoms with Gasteiger partial charge in [-0.15, -0.1) is 0 Å². The van der Waals surface area contributed by atoms with Crippen LogP contribution in [-0.4, -0.2) is 36.8 Å². The van der Waals surface area contributed by atoms with Crippen LogP contribution in [0.4, 0.5) is 5.69 Å².